The summed E-state index contributed by atoms with van der Waals surface area (Å²) < 4.78 is 2.42. The molecule has 3 nitrogen and oxygen atoms in total. The number of rotatable bonds is 3. The Labute approximate surface area is 243 Å². The van der Waals surface area contributed by atoms with Gasteiger partial charge in [-0.3, -0.25) is 4.98 Å². The summed E-state index contributed by atoms with van der Waals surface area (Å²) >= 11 is 0. The molecule has 8 aromatic rings. The van der Waals surface area contributed by atoms with Crippen LogP contribution in [0.4, 0.5) is 17.1 Å². The number of pyridine rings is 1. The Bertz CT molecular complexity index is 2290. The summed E-state index contributed by atoms with van der Waals surface area (Å²) in [4.78, 5) is 6.95. The normalized spacial score (nSPS) is 12.2. The zero-order chi connectivity index (χ0) is 27.6. The number of hydrogen-bond acceptors (Lipinski definition) is 2. The molecule has 0 aliphatic carbocycles. The molecule has 42 heavy (non-hydrogen) atoms. The maximum Gasteiger partial charge on any atom is 0.0645 e. The number of para-hydroxylation sites is 1. The van der Waals surface area contributed by atoms with Gasteiger partial charge in [0, 0.05) is 33.6 Å². The van der Waals surface area contributed by atoms with Gasteiger partial charge in [-0.25, -0.2) is 0 Å². The Kier molecular flexibility index (Phi) is 4.90. The highest BCUT2D eigenvalue weighted by Crippen LogP contribution is 2.54. The lowest BCUT2D eigenvalue weighted by Crippen LogP contribution is -2.15. The second-order valence-electron chi connectivity index (χ2n) is 10.9. The number of aromatic nitrogens is 2. The van der Waals surface area contributed by atoms with Crippen molar-refractivity contribution in [3.05, 3.63) is 152 Å². The fourth-order valence-corrected chi connectivity index (χ4v) is 6.83. The summed E-state index contributed by atoms with van der Waals surface area (Å²) in [6, 6.07) is 50.3. The quantitative estimate of drug-likeness (QED) is 0.224. The molecule has 3 heteroatoms. The van der Waals surface area contributed by atoms with E-state index in [1.165, 1.54) is 66.2 Å². The first-order valence-electron chi connectivity index (χ1n) is 14.3. The summed E-state index contributed by atoms with van der Waals surface area (Å²) in [7, 11) is 0. The maximum absolute atomic E-state index is 4.54. The standard InChI is InChI=1S/C39H25N3/c1-2-10-26(11-3-1)28-14-6-15-29(24-28)41-34-19-5-4-17-33(34)38-36(41)22-21-32-31-18-7-12-27-13-8-20-35(37(27)31)42(39(32)38)30-16-9-23-40-25-30/h1-25H. The van der Waals surface area contributed by atoms with Crippen LogP contribution < -0.4 is 4.90 Å². The first-order valence-corrected chi connectivity index (χ1v) is 14.3. The summed E-state index contributed by atoms with van der Waals surface area (Å²) in [5, 5.41) is 4.98. The lowest BCUT2D eigenvalue weighted by atomic mass is 9.89. The third-order valence-corrected chi connectivity index (χ3v) is 8.56. The summed E-state index contributed by atoms with van der Waals surface area (Å²) in [5.74, 6) is 0. The largest absolute Gasteiger partial charge is 0.309 e. The molecule has 0 radical (unpaired) electrons. The van der Waals surface area contributed by atoms with Gasteiger partial charge in [0.2, 0.25) is 0 Å². The smallest absolute Gasteiger partial charge is 0.0645 e. The molecule has 2 aromatic heterocycles. The van der Waals surface area contributed by atoms with Crippen LogP contribution in [0.3, 0.4) is 0 Å². The fraction of sp³-hybridized carbons (Fsp3) is 0. The topological polar surface area (TPSA) is 21.1 Å². The molecule has 0 bridgehead atoms. The van der Waals surface area contributed by atoms with Crippen LogP contribution in [-0.2, 0) is 0 Å². The average Bonchev–Trinajstić information content (AvgIpc) is 3.41. The van der Waals surface area contributed by atoms with Crippen LogP contribution in [0, 0.1) is 0 Å². The third kappa shape index (κ3) is 3.25. The van der Waals surface area contributed by atoms with Crippen molar-refractivity contribution in [2.75, 3.05) is 4.90 Å². The Morgan fingerprint density at radius 2 is 1.29 bits per heavy atom. The molecule has 0 saturated carbocycles. The van der Waals surface area contributed by atoms with E-state index in [0.717, 1.165) is 11.4 Å². The van der Waals surface area contributed by atoms with Crippen molar-refractivity contribution >= 4 is 49.6 Å². The molecule has 9 rings (SSSR count). The Morgan fingerprint density at radius 3 is 2.17 bits per heavy atom. The van der Waals surface area contributed by atoms with Gasteiger partial charge < -0.3 is 9.47 Å². The predicted molar refractivity (Wildman–Crippen MR) is 175 cm³/mol. The highest BCUT2D eigenvalue weighted by atomic mass is 15.2. The highest BCUT2D eigenvalue weighted by Gasteiger charge is 2.30. The number of fused-ring (bicyclic) bond motifs is 6. The van der Waals surface area contributed by atoms with Crippen LogP contribution >= 0.6 is 0 Å². The number of anilines is 3. The molecule has 196 valence electrons. The van der Waals surface area contributed by atoms with Gasteiger partial charge in [0.15, 0.2) is 0 Å². The van der Waals surface area contributed by atoms with Gasteiger partial charge in [0.1, 0.15) is 0 Å². The first-order chi connectivity index (χ1) is 20.9. The lowest BCUT2D eigenvalue weighted by Gasteiger charge is -2.34. The molecular formula is C39H25N3. The van der Waals surface area contributed by atoms with Gasteiger partial charge in [0.25, 0.3) is 0 Å². The summed E-state index contributed by atoms with van der Waals surface area (Å²) in [6.07, 6.45) is 3.81. The van der Waals surface area contributed by atoms with Crippen molar-refractivity contribution in [2.24, 2.45) is 0 Å². The van der Waals surface area contributed by atoms with Gasteiger partial charge >= 0.3 is 0 Å². The van der Waals surface area contributed by atoms with Gasteiger partial charge in [-0.2, -0.15) is 0 Å². The van der Waals surface area contributed by atoms with Crippen LogP contribution in [-0.4, -0.2) is 9.55 Å². The zero-order valence-corrected chi connectivity index (χ0v) is 22.8. The van der Waals surface area contributed by atoms with Crippen molar-refractivity contribution in [3.8, 4) is 27.9 Å². The second kappa shape index (κ2) is 8.92. The van der Waals surface area contributed by atoms with Crippen LogP contribution in [0.25, 0.3) is 60.5 Å². The average molecular weight is 536 g/mol. The third-order valence-electron chi connectivity index (χ3n) is 8.56. The van der Waals surface area contributed by atoms with E-state index in [1.807, 2.05) is 18.5 Å². The highest BCUT2D eigenvalue weighted by molar-refractivity contribution is 6.24. The SMILES string of the molecule is c1ccc(-c2cccc(-n3c4ccccc4c4c5c(ccc43)-c3cccc4cccc(c34)N5c3cccnc3)c2)cc1. The van der Waals surface area contributed by atoms with E-state index < -0.39 is 0 Å². The molecule has 0 atom stereocenters. The summed E-state index contributed by atoms with van der Waals surface area (Å²) in [6.45, 7) is 0. The van der Waals surface area contributed by atoms with E-state index >= 15 is 0 Å². The van der Waals surface area contributed by atoms with Gasteiger partial charge in [-0.1, -0.05) is 97.1 Å². The molecule has 0 unspecified atom stereocenters. The van der Waals surface area contributed by atoms with Crippen molar-refractivity contribution in [1.82, 2.24) is 9.55 Å². The monoisotopic (exact) mass is 535 g/mol. The molecular weight excluding hydrogens is 510 g/mol. The minimum atomic E-state index is 1.05. The molecule has 0 spiro atoms. The lowest BCUT2D eigenvalue weighted by molar-refractivity contribution is 1.18. The number of hydrogen-bond donors (Lipinski definition) is 0. The molecule has 0 amide bonds. The molecule has 1 aliphatic rings. The molecule has 0 saturated heterocycles. The van der Waals surface area contributed by atoms with E-state index in [2.05, 4.69) is 148 Å². The van der Waals surface area contributed by atoms with Crippen molar-refractivity contribution in [3.63, 3.8) is 0 Å². The van der Waals surface area contributed by atoms with Crippen molar-refractivity contribution in [2.45, 2.75) is 0 Å². The van der Waals surface area contributed by atoms with E-state index in [0.29, 0.717) is 0 Å². The number of nitrogens with zero attached hydrogens (tertiary/aromatic N) is 3. The minimum Gasteiger partial charge on any atom is -0.309 e. The Morgan fingerprint density at radius 1 is 0.500 bits per heavy atom. The number of benzene rings is 6. The van der Waals surface area contributed by atoms with E-state index in [4.69, 9.17) is 0 Å². The van der Waals surface area contributed by atoms with E-state index in [-0.39, 0.29) is 0 Å². The molecule has 1 aliphatic heterocycles. The van der Waals surface area contributed by atoms with Crippen LogP contribution in [0.2, 0.25) is 0 Å². The Balaban J connectivity index is 1.41. The van der Waals surface area contributed by atoms with Crippen LogP contribution in [0.15, 0.2) is 152 Å². The molecule has 0 N–H and O–H groups in total. The van der Waals surface area contributed by atoms with Gasteiger partial charge in [-0.15, -0.1) is 0 Å². The van der Waals surface area contributed by atoms with Gasteiger partial charge in [0.05, 0.1) is 34.3 Å². The van der Waals surface area contributed by atoms with E-state index in [9.17, 15) is 0 Å². The van der Waals surface area contributed by atoms with Gasteiger partial charge in [-0.05, 0) is 64.5 Å². The first kappa shape index (κ1) is 23.1. The predicted octanol–water partition coefficient (Wildman–Crippen LogP) is 10.4. The zero-order valence-electron chi connectivity index (χ0n) is 22.8. The molecule has 6 aromatic carbocycles. The van der Waals surface area contributed by atoms with Crippen LogP contribution in [0.5, 0.6) is 0 Å². The van der Waals surface area contributed by atoms with Crippen molar-refractivity contribution in [1.29, 1.82) is 0 Å². The van der Waals surface area contributed by atoms with E-state index in [1.54, 1.807) is 0 Å². The Hall–Kier alpha value is -5.67. The van der Waals surface area contributed by atoms with Crippen molar-refractivity contribution < 1.29 is 0 Å². The fourth-order valence-electron chi connectivity index (χ4n) is 6.83. The molecule has 0 fully saturated rings. The minimum absolute atomic E-state index is 1.05. The maximum atomic E-state index is 4.54. The second-order valence-corrected chi connectivity index (χ2v) is 10.9. The van der Waals surface area contributed by atoms with Crippen LogP contribution in [0.1, 0.15) is 0 Å². The summed E-state index contributed by atoms with van der Waals surface area (Å²) in [5.41, 5.74) is 11.9. The molecule has 3 heterocycles.